The van der Waals surface area contributed by atoms with Gasteiger partial charge in [0.25, 0.3) is 0 Å². The summed E-state index contributed by atoms with van der Waals surface area (Å²) in [4.78, 5) is 7.67. The molecule has 1 heterocycles. The van der Waals surface area contributed by atoms with Gasteiger partial charge in [-0.25, -0.2) is 4.98 Å². The highest BCUT2D eigenvalue weighted by molar-refractivity contribution is 9.10. The van der Waals surface area contributed by atoms with Gasteiger partial charge in [-0.15, -0.1) is 0 Å². The minimum atomic E-state index is -0.0549. The van der Waals surface area contributed by atoms with Crippen LogP contribution in [0.3, 0.4) is 0 Å². The number of halogens is 1. The molecule has 0 aliphatic carbocycles. The van der Waals surface area contributed by atoms with E-state index in [1.807, 2.05) is 13.8 Å². The molecule has 0 saturated heterocycles. The molecule has 0 aromatic carbocycles. The van der Waals surface area contributed by atoms with Crippen molar-refractivity contribution in [2.24, 2.45) is 5.92 Å². The molecule has 96 valence electrons. The Hall–Kier alpha value is -0.260. The number of aromatic amines is 1. The zero-order valence-electron chi connectivity index (χ0n) is 10.7. The number of nitrogens with zero attached hydrogens (tertiary/aromatic N) is 1. The van der Waals surface area contributed by atoms with Crippen LogP contribution in [0.5, 0.6) is 0 Å². The zero-order valence-corrected chi connectivity index (χ0v) is 13.1. The summed E-state index contributed by atoms with van der Waals surface area (Å²) in [6.07, 6.45) is 0.888. The minimum Gasteiger partial charge on any atom is -0.371 e. The van der Waals surface area contributed by atoms with E-state index in [0.717, 1.165) is 22.4 Å². The van der Waals surface area contributed by atoms with Crippen LogP contribution < -0.4 is 0 Å². The van der Waals surface area contributed by atoms with Crippen molar-refractivity contribution in [2.75, 3.05) is 6.61 Å². The summed E-state index contributed by atoms with van der Waals surface area (Å²) in [7, 11) is 0. The molecule has 3 nitrogen and oxygen atoms in total. The lowest BCUT2D eigenvalue weighted by Crippen LogP contribution is -2.09. The number of rotatable bonds is 5. The fourth-order valence-electron chi connectivity index (χ4n) is 1.60. The fraction of sp³-hybridized carbons (Fsp3) is 0.667. The first-order valence-electron chi connectivity index (χ1n) is 5.85. The van der Waals surface area contributed by atoms with E-state index in [1.54, 1.807) is 0 Å². The Bertz CT molecular complexity index is 431. The Labute approximate surface area is 116 Å². The molecule has 0 bridgehead atoms. The van der Waals surface area contributed by atoms with Crippen LogP contribution in [-0.2, 0) is 11.2 Å². The zero-order chi connectivity index (χ0) is 13.0. The highest BCUT2D eigenvalue weighted by Crippen LogP contribution is 2.22. The van der Waals surface area contributed by atoms with Gasteiger partial charge in [0.05, 0.1) is 4.47 Å². The van der Waals surface area contributed by atoms with Crippen molar-refractivity contribution in [3.05, 3.63) is 20.6 Å². The van der Waals surface area contributed by atoms with E-state index < -0.39 is 0 Å². The maximum Gasteiger partial charge on any atom is 0.144 e. The molecule has 0 aliphatic rings. The summed E-state index contributed by atoms with van der Waals surface area (Å²) in [6.45, 7) is 8.97. The Morgan fingerprint density at radius 2 is 2.06 bits per heavy atom. The van der Waals surface area contributed by atoms with E-state index in [9.17, 15) is 0 Å². The van der Waals surface area contributed by atoms with Crippen LogP contribution in [0.4, 0.5) is 0 Å². The van der Waals surface area contributed by atoms with Gasteiger partial charge in [0.1, 0.15) is 16.6 Å². The van der Waals surface area contributed by atoms with Crippen molar-refractivity contribution in [1.82, 2.24) is 9.97 Å². The molecule has 1 atom stereocenters. The first kappa shape index (κ1) is 14.8. The van der Waals surface area contributed by atoms with Crippen molar-refractivity contribution >= 4 is 28.1 Å². The van der Waals surface area contributed by atoms with Crippen LogP contribution in [0.25, 0.3) is 0 Å². The van der Waals surface area contributed by atoms with Gasteiger partial charge in [-0.3, -0.25) is 0 Å². The van der Waals surface area contributed by atoms with Crippen molar-refractivity contribution in [3.63, 3.8) is 0 Å². The molecular weight excluding hydrogens is 300 g/mol. The predicted molar refractivity (Wildman–Crippen MR) is 75.7 cm³/mol. The average molecular weight is 319 g/mol. The minimum absolute atomic E-state index is 0.0549. The molecule has 1 aromatic rings. The fourth-order valence-corrected chi connectivity index (χ4v) is 2.17. The standard InChI is InChI=1S/C12H19BrN2OS/c1-5-16-8(4)11-14-9(6-7(2)3)10(13)12(17)15-11/h7-8H,5-6H2,1-4H3,(H,14,15,17). The molecule has 5 heteroatoms. The lowest BCUT2D eigenvalue weighted by Gasteiger charge is -2.14. The summed E-state index contributed by atoms with van der Waals surface area (Å²) in [5.41, 5.74) is 1.10. The number of ether oxygens (including phenoxy) is 1. The van der Waals surface area contributed by atoms with E-state index >= 15 is 0 Å². The Kier molecular flexibility index (Phi) is 5.76. The van der Waals surface area contributed by atoms with Crippen LogP contribution in [0.2, 0.25) is 0 Å². The number of aromatic nitrogens is 2. The highest BCUT2D eigenvalue weighted by atomic mass is 79.9. The highest BCUT2D eigenvalue weighted by Gasteiger charge is 2.12. The van der Waals surface area contributed by atoms with E-state index in [-0.39, 0.29) is 6.10 Å². The lowest BCUT2D eigenvalue weighted by atomic mass is 10.1. The van der Waals surface area contributed by atoms with Gasteiger partial charge in [-0.2, -0.15) is 0 Å². The molecule has 0 amide bonds. The molecule has 1 aromatic heterocycles. The van der Waals surface area contributed by atoms with Crippen LogP contribution in [0, 0.1) is 10.6 Å². The van der Waals surface area contributed by atoms with Gasteiger partial charge in [-0.05, 0) is 42.1 Å². The smallest absolute Gasteiger partial charge is 0.144 e. The predicted octanol–water partition coefficient (Wildman–Crippen LogP) is 4.20. The van der Waals surface area contributed by atoms with E-state index in [4.69, 9.17) is 17.0 Å². The molecule has 1 rings (SSSR count). The van der Waals surface area contributed by atoms with Gasteiger partial charge in [0.15, 0.2) is 0 Å². The van der Waals surface area contributed by atoms with Gasteiger partial charge in [-0.1, -0.05) is 26.1 Å². The van der Waals surface area contributed by atoms with Crippen LogP contribution in [0.1, 0.15) is 45.3 Å². The van der Waals surface area contributed by atoms with Crippen LogP contribution in [-0.4, -0.2) is 16.6 Å². The number of hydrogen-bond donors (Lipinski definition) is 1. The number of nitrogens with one attached hydrogen (secondary N) is 1. The molecule has 1 N–H and O–H groups in total. The van der Waals surface area contributed by atoms with E-state index in [0.29, 0.717) is 17.2 Å². The summed E-state index contributed by atoms with van der Waals surface area (Å²) in [5.74, 6) is 1.37. The van der Waals surface area contributed by atoms with Crippen molar-refractivity contribution in [3.8, 4) is 0 Å². The molecule has 0 radical (unpaired) electrons. The largest absolute Gasteiger partial charge is 0.371 e. The monoisotopic (exact) mass is 318 g/mol. The summed E-state index contributed by atoms with van der Waals surface area (Å²) < 4.78 is 7.02. The SMILES string of the molecule is CCOC(C)c1nc(=S)c(Br)c(CC(C)C)[nH]1. The number of hydrogen-bond acceptors (Lipinski definition) is 3. The normalized spacial score (nSPS) is 13.1. The summed E-state index contributed by atoms with van der Waals surface area (Å²) in [5, 5.41) is 0. The van der Waals surface area contributed by atoms with Crippen LogP contribution in [0.15, 0.2) is 4.47 Å². The first-order chi connectivity index (χ1) is 7.95. The number of H-pyrrole nitrogens is 1. The maximum atomic E-state index is 5.53. The second-order valence-corrected chi connectivity index (χ2v) is 5.59. The maximum absolute atomic E-state index is 5.53. The second kappa shape index (κ2) is 6.61. The van der Waals surface area contributed by atoms with E-state index in [1.165, 1.54) is 0 Å². The third-order valence-electron chi connectivity index (χ3n) is 2.37. The van der Waals surface area contributed by atoms with Gasteiger partial charge >= 0.3 is 0 Å². The third kappa shape index (κ3) is 4.16. The topological polar surface area (TPSA) is 37.9 Å². The molecule has 0 aliphatic heterocycles. The van der Waals surface area contributed by atoms with E-state index in [2.05, 4.69) is 39.7 Å². The lowest BCUT2D eigenvalue weighted by molar-refractivity contribution is 0.0697. The quantitative estimate of drug-likeness (QED) is 0.827. The molecule has 0 spiro atoms. The molecule has 1 unspecified atom stereocenters. The Balaban J connectivity index is 3.09. The Morgan fingerprint density at radius 1 is 1.41 bits per heavy atom. The molecular formula is C12H19BrN2OS. The first-order valence-corrected chi connectivity index (χ1v) is 7.06. The average Bonchev–Trinajstić information content (AvgIpc) is 2.24. The van der Waals surface area contributed by atoms with Crippen molar-refractivity contribution in [1.29, 1.82) is 0 Å². The third-order valence-corrected chi connectivity index (χ3v) is 3.78. The molecule has 0 fully saturated rings. The van der Waals surface area contributed by atoms with Gasteiger partial charge in [0, 0.05) is 12.3 Å². The molecule has 17 heavy (non-hydrogen) atoms. The second-order valence-electron chi connectivity index (χ2n) is 4.42. The summed E-state index contributed by atoms with van der Waals surface area (Å²) in [6, 6.07) is 0. The van der Waals surface area contributed by atoms with Crippen LogP contribution >= 0.6 is 28.1 Å². The van der Waals surface area contributed by atoms with Gasteiger partial charge in [0.2, 0.25) is 0 Å². The van der Waals surface area contributed by atoms with Crippen molar-refractivity contribution < 1.29 is 4.74 Å². The Morgan fingerprint density at radius 3 is 2.59 bits per heavy atom. The summed E-state index contributed by atoms with van der Waals surface area (Å²) >= 11 is 8.74. The van der Waals surface area contributed by atoms with Gasteiger partial charge < -0.3 is 9.72 Å². The van der Waals surface area contributed by atoms with Crippen molar-refractivity contribution in [2.45, 2.75) is 40.2 Å². The molecule has 0 saturated carbocycles.